The van der Waals surface area contributed by atoms with Gasteiger partial charge in [-0.3, -0.25) is 4.98 Å². The van der Waals surface area contributed by atoms with Crippen LogP contribution in [0.3, 0.4) is 0 Å². The second-order valence-electron chi connectivity index (χ2n) is 5.82. The molecule has 1 N–H and O–H groups in total. The molecule has 0 unspecified atom stereocenters. The molecule has 0 bridgehead atoms. The molecule has 0 spiro atoms. The monoisotopic (exact) mass is 364 g/mol. The van der Waals surface area contributed by atoms with Gasteiger partial charge in [0.15, 0.2) is 5.69 Å². The summed E-state index contributed by atoms with van der Waals surface area (Å²) in [5, 5.41) is 9.08. The Balaban J connectivity index is 2.16. The van der Waals surface area contributed by atoms with Crippen molar-refractivity contribution >= 4 is 17.1 Å². The molecule has 1 aromatic carbocycles. The quantitative estimate of drug-likeness (QED) is 0.876. The minimum Gasteiger partial charge on any atom is -0.496 e. The van der Waals surface area contributed by atoms with Crippen LogP contribution in [0.5, 0.6) is 5.75 Å². The largest absolute Gasteiger partial charge is 0.496 e. The summed E-state index contributed by atoms with van der Waals surface area (Å²) in [5.74, 6) is -0.883. The molecule has 26 heavy (non-hydrogen) atoms. The van der Waals surface area contributed by atoms with Crippen LogP contribution in [0.4, 0.5) is 13.2 Å². The summed E-state index contributed by atoms with van der Waals surface area (Å²) >= 11 is 0. The fraction of sp³-hybridized carbons (Fsp3) is 0.278. The molecule has 0 saturated carbocycles. The average molecular weight is 364 g/mol. The molecule has 1 heterocycles. The predicted octanol–water partition coefficient (Wildman–Crippen LogP) is 4.30. The molecule has 2 aromatic rings. The number of halogens is 3. The van der Waals surface area contributed by atoms with E-state index in [0.29, 0.717) is 41.0 Å². The number of benzene rings is 1. The highest BCUT2D eigenvalue weighted by Gasteiger charge is 2.32. The lowest BCUT2D eigenvalue weighted by Crippen LogP contribution is -2.06. The molecule has 0 atom stereocenters. The smallest absolute Gasteiger partial charge is 0.416 e. The number of nitrogens with zero attached hydrogens (tertiary/aromatic N) is 2. The van der Waals surface area contributed by atoms with Crippen LogP contribution in [0.15, 0.2) is 30.6 Å². The summed E-state index contributed by atoms with van der Waals surface area (Å²) in [7, 11) is 1.39. The number of allylic oxidation sites excluding steroid dienone is 2. The number of aromatic nitrogens is 2. The molecule has 1 aliphatic carbocycles. The van der Waals surface area contributed by atoms with Gasteiger partial charge in [0.1, 0.15) is 5.75 Å². The molecule has 5 nitrogen and oxygen atoms in total. The number of alkyl halides is 3. The van der Waals surface area contributed by atoms with E-state index in [1.807, 2.05) is 0 Å². The Morgan fingerprint density at radius 1 is 1.19 bits per heavy atom. The highest BCUT2D eigenvalue weighted by Crippen LogP contribution is 2.44. The van der Waals surface area contributed by atoms with Crippen LogP contribution in [-0.4, -0.2) is 28.2 Å². The van der Waals surface area contributed by atoms with Crippen LogP contribution in [0, 0.1) is 0 Å². The Labute approximate surface area is 147 Å². The predicted molar refractivity (Wildman–Crippen MR) is 87.7 cm³/mol. The van der Waals surface area contributed by atoms with Crippen molar-refractivity contribution in [1.29, 1.82) is 0 Å². The van der Waals surface area contributed by atoms with Crippen molar-refractivity contribution < 1.29 is 27.8 Å². The Kier molecular flexibility index (Phi) is 4.67. The number of hydrogen-bond donors (Lipinski definition) is 1. The summed E-state index contributed by atoms with van der Waals surface area (Å²) in [6.07, 6.45) is -0.0655. The van der Waals surface area contributed by atoms with E-state index in [1.54, 1.807) is 0 Å². The molecule has 0 fully saturated rings. The molecule has 1 aromatic heterocycles. The molecule has 8 heteroatoms. The zero-order valence-corrected chi connectivity index (χ0v) is 13.8. The third kappa shape index (κ3) is 3.40. The summed E-state index contributed by atoms with van der Waals surface area (Å²) in [5.41, 5.74) is 1.09. The molecule has 0 aliphatic heterocycles. The van der Waals surface area contributed by atoms with E-state index in [-0.39, 0.29) is 5.69 Å². The maximum atomic E-state index is 13.1. The number of methoxy groups -OCH3 is 1. The van der Waals surface area contributed by atoms with E-state index in [4.69, 9.17) is 9.84 Å². The van der Waals surface area contributed by atoms with Gasteiger partial charge >= 0.3 is 12.1 Å². The lowest BCUT2D eigenvalue weighted by atomic mass is 9.97. The highest BCUT2D eigenvalue weighted by atomic mass is 19.4. The second kappa shape index (κ2) is 6.78. The number of carboxylic acids is 1. The zero-order chi connectivity index (χ0) is 18.9. The van der Waals surface area contributed by atoms with Crippen molar-refractivity contribution in [3.05, 3.63) is 53.1 Å². The van der Waals surface area contributed by atoms with Crippen LogP contribution in [0.2, 0.25) is 0 Å². The third-order valence-corrected chi connectivity index (χ3v) is 4.23. The molecule has 1 aliphatic rings. The fourth-order valence-electron chi connectivity index (χ4n) is 3.06. The standard InChI is InChI=1S/C18H15F3N2O3/c1-26-16-6-5-10(18(19,20)21)7-13(16)11-3-2-4-12(11)14-8-22-9-15(23-14)17(24)25/h5-9H,2-4H2,1H3,(H,24,25). The number of aromatic carboxylic acids is 1. The number of rotatable bonds is 4. The van der Waals surface area contributed by atoms with E-state index in [2.05, 4.69) is 9.97 Å². The van der Waals surface area contributed by atoms with Gasteiger partial charge in [-0.15, -0.1) is 0 Å². The normalized spacial score (nSPS) is 14.6. The van der Waals surface area contributed by atoms with Crippen molar-refractivity contribution in [2.75, 3.05) is 7.11 Å². The van der Waals surface area contributed by atoms with Crippen molar-refractivity contribution in [1.82, 2.24) is 9.97 Å². The molecule has 0 radical (unpaired) electrons. The first-order valence-electron chi connectivity index (χ1n) is 7.84. The fourth-order valence-corrected chi connectivity index (χ4v) is 3.06. The Bertz CT molecular complexity index is 891. The molecule has 0 saturated heterocycles. The van der Waals surface area contributed by atoms with Crippen LogP contribution >= 0.6 is 0 Å². The van der Waals surface area contributed by atoms with Crippen molar-refractivity contribution in [3.63, 3.8) is 0 Å². The zero-order valence-electron chi connectivity index (χ0n) is 13.8. The van der Waals surface area contributed by atoms with E-state index < -0.39 is 17.7 Å². The maximum absolute atomic E-state index is 13.1. The third-order valence-electron chi connectivity index (χ3n) is 4.23. The number of carbonyl (C=O) groups is 1. The lowest BCUT2D eigenvalue weighted by molar-refractivity contribution is -0.137. The van der Waals surface area contributed by atoms with Crippen molar-refractivity contribution in [3.8, 4) is 5.75 Å². The van der Waals surface area contributed by atoms with Gasteiger partial charge in [0.2, 0.25) is 0 Å². The molecule has 3 rings (SSSR count). The maximum Gasteiger partial charge on any atom is 0.416 e. The second-order valence-corrected chi connectivity index (χ2v) is 5.82. The van der Waals surface area contributed by atoms with E-state index >= 15 is 0 Å². The van der Waals surface area contributed by atoms with Crippen LogP contribution in [0.25, 0.3) is 11.1 Å². The number of ether oxygens (including phenoxy) is 1. The van der Waals surface area contributed by atoms with Crippen molar-refractivity contribution in [2.45, 2.75) is 25.4 Å². The van der Waals surface area contributed by atoms with Crippen molar-refractivity contribution in [2.24, 2.45) is 0 Å². The Morgan fingerprint density at radius 2 is 1.92 bits per heavy atom. The molecule has 136 valence electrons. The minimum atomic E-state index is -4.47. The highest BCUT2D eigenvalue weighted by molar-refractivity contribution is 5.94. The van der Waals surface area contributed by atoms with Gasteiger partial charge < -0.3 is 9.84 Å². The summed E-state index contributed by atoms with van der Waals surface area (Å²) in [6.45, 7) is 0. The summed E-state index contributed by atoms with van der Waals surface area (Å²) in [4.78, 5) is 19.1. The van der Waals surface area contributed by atoms with E-state index in [9.17, 15) is 18.0 Å². The topological polar surface area (TPSA) is 72.3 Å². The SMILES string of the molecule is COc1ccc(C(F)(F)F)cc1C1=C(c2cncc(C(=O)O)n2)CCC1. The van der Waals surface area contributed by atoms with Crippen LogP contribution in [0.1, 0.15) is 46.6 Å². The van der Waals surface area contributed by atoms with Gasteiger partial charge in [-0.25, -0.2) is 9.78 Å². The average Bonchev–Trinajstić information content (AvgIpc) is 3.10. The number of hydrogen-bond acceptors (Lipinski definition) is 4. The van der Waals surface area contributed by atoms with E-state index in [1.165, 1.54) is 19.4 Å². The number of carboxylic acid groups (broad SMARTS) is 1. The van der Waals surface area contributed by atoms with Gasteiger partial charge in [-0.1, -0.05) is 0 Å². The van der Waals surface area contributed by atoms with Gasteiger partial charge in [0.05, 0.1) is 30.8 Å². The van der Waals surface area contributed by atoms with E-state index in [0.717, 1.165) is 24.8 Å². The minimum absolute atomic E-state index is 0.211. The molecular weight excluding hydrogens is 349 g/mol. The Morgan fingerprint density at radius 3 is 2.58 bits per heavy atom. The first-order chi connectivity index (χ1) is 12.3. The van der Waals surface area contributed by atoms with Gasteiger partial charge in [0, 0.05) is 5.56 Å². The van der Waals surface area contributed by atoms with Crippen LogP contribution in [-0.2, 0) is 6.18 Å². The van der Waals surface area contributed by atoms with Gasteiger partial charge in [0.25, 0.3) is 0 Å². The first kappa shape index (κ1) is 17.9. The Hall–Kier alpha value is -2.90. The van der Waals surface area contributed by atoms with Gasteiger partial charge in [-0.05, 0) is 48.6 Å². The summed E-state index contributed by atoms with van der Waals surface area (Å²) < 4.78 is 44.6. The molecular formula is C18H15F3N2O3. The molecule has 0 amide bonds. The first-order valence-corrected chi connectivity index (χ1v) is 7.84. The summed E-state index contributed by atoms with van der Waals surface area (Å²) in [6, 6.07) is 3.33. The lowest BCUT2D eigenvalue weighted by Gasteiger charge is -2.15. The van der Waals surface area contributed by atoms with Crippen LogP contribution < -0.4 is 4.74 Å². The van der Waals surface area contributed by atoms with Gasteiger partial charge in [-0.2, -0.15) is 13.2 Å².